The predicted molar refractivity (Wildman–Crippen MR) is 81.3 cm³/mol. The van der Waals surface area contributed by atoms with Crippen LogP contribution in [0.5, 0.6) is 0 Å². The molecule has 0 N–H and O–H groups in total. The lowest BCUT2D eigenvalue weighted by atomic mass is 10.0. The van der Waals surface area contributed by atoms with Gasteiger partial charge in [0.2, 0.25) is 0 Å². The second-order valence-corrected chi connectivity index (χ2v) is 6.85. The molecule has 2 rings (SSSR count). The van der Waals surface area contributed by atoms with Gasteiger partial charge in [0.1, 0.15) is 11.6 Å². The molecule has 1 heterocycles. The van der Waals surface area contributed by atoms with E-state index in [1.165, 1.54) is 6.07 Å². The summed E-state index contributed by atoms with van der Waals surface area (Å²) in [5.74, 6) is 0.496. The Bertz CT molecular complexity index is 619. The lowest BCUT2D eigenvalue weighted by molar-refractivity contribution is 0.341. The average molecular weight is 348 g/mol. The standard InChI is InChI=1S/C14H17BrClFN2/c1-5-14(3,4)19-12-7-10(17)9(15)6-11(12)18-13(19)8(2)16/h6-8H,5H2,1-4H3. The number of aromatic nitrogens is 2. The van der Waals surface area contributed by atoms with Gasteiger partial charge in [-0.05, 0) is 49.2 Å². The first-order chi connectivity index (χ1) is 8.77. The molecule has 0 aliphatic carbocycles. The Morgan fingerprint density at radius 2 is 2.11 bits per heavy atom. The quantitative estimate of drug-likeness (QED) is 0.681. The number of nitrogens with zero attached hydrogens (tertiary/aromatic N) is 2. The van der Waals surface area contributed by atoms with Crippen LogP contribution in [-0.2, 0) is 5.54 Å². The largest absolute Gasteiger partial charge is 0.321 e. The number of halogens is 3. The molecule has 19 heavy (non-hydrogen) atoms. The molecule has 0 fully saturated rings. The van der Waals surface area contributed by atoms with Gasteiger partial charge in [-0.15, -0.1) is 11.6 Å². The maximum Gasteiger partial charge on any atom is 0.139 e. The maximum atomic E-state index is 13.8. The fourth-order valence-corrected chi connectivity index (χ4v) is 2.63. The molecule has 0 amide bonds. The lowest BCUT2D eigenvalue weighted by Crippen LogP contribution is -2.27. The van der Waals surface area contributed by atoms with Gasteiger partial charge < -0.3 is 4.57 Å². The van der Waals surface area contributed by atoms with E-state index in [0.717, 1.165) is 23.3 Å². The summed E-state index contributed by atoms with van der Waals surface area (Å²) in [5, 5.41) is -0.222. The van der Waals surface area contributed by atoms with Crippen LogP contribution in [0.2, 0.25) is 0 Å². The van der Waals surface area contributed by atoms with Crippen molar-refractivity contribution in [3.63, 3.8) is 0 Å². The number of fused-ring (bicyclic) bond motifs is 1. The molecule has 1 aromatic heterocycles. The Morgan fingerprint density at radius 1 is 1.47 bits per heavy atom. The van der Waals surface area contributed by atoms with Gasteiger partial charge in [-0.2, -0.15) is 0 Å². The fourth-order valence-electron chi connectivity index (χ4n) is 2.15. The molecule has 0 aliphatic rings. The van der Waals surface area contributed by atoms with Crippen molar-refractivity contribution in [2.75, 3.05) is 0 Å². The van der Waals surface area contributed by atoms with Crippen LogP contribution in [0.15, 0.2) is 16.6 Å². The SMILES string of the molecule is CCC(C)(C)n1c(C(C)Cl)nc2cc(Br)c(F)cc21. The van der Waals surface area contributed by atoms with Crippen LogP contribution in [0.3, 0.4) is 0 Å². The zero-order chi connectivity index (χ0) is 14.4. The van der Waals surface area contributed by atoms with Crippen LogP contribution in [0, 0.1) is 5.82 Å². The molecule has 1 aromatic carbocycles. The lowest BCUT2D eigenvalue weighted by Gasteiger charge is -2.28. The highest BCUT2D eigenvalue weighted by Crippen LogP contribution is 2.34. The monoisotopic (exact) mass is 346 g/mol. The normalized spacial score (nSPS) is 14.1. The van der Waals surface area contributed by atoms with Crippen molar-refractivity contribution in [1.82, 2.24) is 9.55 Å². The number of hydrogen-bond acceptors (Lipinski definition) is 1. The number of imidazole rings is 1. The molecule has 1 atom stereocenters. The smallest absolute Gasteiger partial charge is 0.139 e. The molecule has 1 unspecified atom stereocenters. The van der Waals surface area contributed by atoms with E-state index >= 15 is 0 Å². The van der Waals surface area contributed by atoms with E-state index < -0.39 is 0 Å². The molecular formula is C14H17BrClFN2. The molecule has 0 bridgehead atoms. The Morgan fingerprint density at radius 3 is 2.63 bits per heavy atom. The number of rotatable bonds is 3. The summed E-state index contributed by atoms with van der Waals surface area (Å²) in [6.45, 7) is 8.20. The van der Waals surface area contributed by atoms with Gasteiger partial charge in [0.25, 0.3) is 0 Å². The van der Waals surface area contributed by atoms with Gasteiger partial charge in [0.05, 0.1) is 20.9 Å². The van der Waals surface area contributed by atoms with Gasteiger partial charge in [-0.1, -0.05) is 6.92 Å². The average Bonchev–Trinajstić information content (AvgIpc) is 2.69. The summed E-state index contributed by atoms with van der Waals surface area (Å²) in [5.41, 5.74) is 1.39. The summed E-state index contributed by atoms with van der Waals surface area (Å²) in [6.07, 6.45) is 0.909. The third kappa shape index (κ3) is 2.52. The van der Waals surface area contributed by atoms with E-state index in [9.17, 15) is 4.39 Å². The molecule has 2 aromatic rings. The summed E-state index contributed by atoms with van der Waals surface area (Å²) in [6, 6.07) is 3.22. The highest BCUT2D eigenvalue weighted by Gasteiger charge is 2.26. The Labute approximate surface area is 126 Å². The number of hydrogen-bond donors (Lipinski definition) is 0. The summed E-state index contributed by atoms with van der Waals surface area (Å²) < 4.78 is 16.3. The summed E-state index contributed by atoms with van der Waals surface area (Å²) >= 11 is 9.43. The van der Waals surface area contributed by atoms with Crippen LogP contribution in [0.4, 0.5) is 4.39 Å². The van der Waals surface area contributed by atoms with Crippen molar-refractivity contribution in [2.24, 2.45) is 0 Å². The third-order valence-corrected chi connectivity index (χ3v) is 4.35. The van der Waals surface area contributed by atoms with Gasteiger partial charge in [-0.25, -0.2) is 9.37 Å². The van der Waals surface area contributed by atoms with Crippen molar-refractivity contribution >= 4 is 38.6 Å². The Kier molecular flexibility index (Phi) is 3.94. The third-order valence-electron chi connectivity index (χ3n) is 3.55. The first-order valence-corrected chi connectivity index (χ1v) is 7.53. The first-order valence-electron chi connectivity index (χ1n) is 6.30. The van der Waals surface area contributed by atoms with Gasteiger partial charge >= 0.3 is 0 Å². The van der Waals surface area contributed by atoms with Gasteiger partial charge in [0.15, 0.2) is 0 Å². The minimum Gasteiger partial charge on any atom is -0.321 e. The van der Waals surface area contributed by atoms with E-state index in [4.69, 9.17) is 11.6 Å². The number of benzene rings is 1. The van der Waals surface area contributed by atoms with Crippen LogP contribution in [0.1, 0.15) is 45.3 Å². The molecule has 5 heteroatoms. The zero-order valence-electron chi connectivity index (χ0n) is 11.5. The molecule has 104 valence electrons. The van der Waals surface area contributed by atoms with Crippen LogP contribution in [-0.4, -0.2) is 9.55 Å². The highest BCUT2D eigenvalue weighted by atomic mass is 79.9. The van der Waals surface area contributed by atoms with E-state index in [0.29, 0.717) is 4.47 Å². The van der Waals surface area contributed by atoms with Crippen LogP contribution < -0.4 is 0 Å². The molecule has 0 saturated heterocycles. The van der Waals surface area contributed by atoms with Crippen molar-refractivity contribution in [3.05, 3.63) is 28.2 Å². The van der Waals surface area contributed by atoms with E-state index in [2.05, 4.69) is 46.3 Å². The summed E-state index contributed by atoms with van der Waals surface area (Å²) in [4.78, 5) is 4.56. The van der Waals surface area contributed by atoms with Crippen molar-refractivity contribution in [1.29, 1.82) is 0 Å². The molecule has 0 radical (unpaired) electrons. The molecule has 0 saturated carbocycles. The number of alkyl halides is 1. The van der Waals surface area contributed by atoms with E-state index in [1.807, 2.05) is 6.92 Å². The highest BCUT2D eigenvalue weighted by molar-refractivity contribution is 9.10. The molecular weight excluding hydrogens is 331 g/mol. The molecule has 2 nitrogen and oxygen atoms in total. The van der Waals surface area contributed by atoms with Crippen molar-refractivity contribution in [3.8, 4) is 0 Å². The van der Waals surface area contributed by atoms with Crippen molar-refractivity contribution < 1.29 is 4.39 Å². The predicted octanol–water partition coefficient (Wildman–Crippen LogP) is 5.38. The van der Waals surface area contributed by atoms with E-state index in [1.54, 1.807) is 6.07 Å². The van der Waals surface area contributed by atoms with Crippen LogP contribution >= 0.6 is 27.5 Å². The van der Waals surface area contributed by atoms with Gasteiger partial charge in [-0.3, -0.25) is 0 Å². The second-order valence-electron chi connectivity index (χ2n) is 5.34. The Balaban J connectivity index is 2.84. The molecule has 0 spiro atoms. The minimum absolute atomic E-state index is 0.159. The van der Waals surface area contributed by atoms with Crippen molar-refractivity contribution in [2.45, 2.75) is 45.0 Å². The second kappa shape index (κ2) is 5.06. The summed E-state index contributed by atoms with van der Waals surface area (Å²) in [7, 11) is 0. The molecule has 0 aliphatic heterocycles. The maximum absolute atomic E-state index is 13.8. The fraction of sp³-hybridized carbons (Fsp3) is 0.500. The first kappa shape index (κ1) is 14.8. The Hall–Kier alpha value is -0.610. The minimum atomic E-state index is -0.283. The topological polar surface area (TPSA) is 17.8 Å². The van der Waals surface area contributed by atoms with E-state index in [-0.39, 0.29) is 16.7 Å². The zero-order valence-corrected chi connectivity index (χ0v) is 13.8. The van der Waals surface area contributed by atoms with Crippen LogP contribution in [0.25, 0.3) is 11.0 Å². The van der Waals surface area contributed by atoms with Gasteiger partial charge in [0, 0.05) is 11.6 Å².